The van der Waals surface area contributed by atoms with Crippen LogP contribution >= 0.6 is 11.3 Å². The van der Waals surface area contributed by atoms with Crippen LogP contribution in [0.25, 0.3) is 0 Å². The van der Waals surface area contributed by atoms with Gasteiger partial charge in [0.2, 0.25) is 0 Å². The van der Waals surface area contributed by atoms with E-state index in [0.717, 1.165) is 0 Å². The number of esters is 2. The molecule has 0 aliphatic carbocycles. The molecule has 0 radical (unpaired) electrons. The summed E-state index contributed by atoms with van der Waals surface area (Å²) >= 11 is 0.692. The molecule has 1 aromatic rings. The summed E-state index contributed by atoms with van der Waals surface area (Å²) in [7, 11) is 1.33. The molecule has 0 saturated carbocycles. The van der Waals surface area contributed by atoms with Gasteiger partial charge in [-0.25, -0.2) is 4.79 Å². The molecule has 10 heteroatoms. The summed E-state index contributed by atoms with van der Waals surface area (Å²) in [6, 6.07) is 2.50. The average Bonchev–Trinajstić information content (AvgIpc) is 3.09. The molecule has 0 atom stereocenters. The minimum Gasteiger partial charge on any atom is -0.469 e. The van der Waals surface area contributed by atoms with E-state index in [1.807, 2.05) is 0 Å². The Morgan fingerprint density at radius 2 is 2.00 bits per heavy atom. The van der Waals surface area contributed by atoms with Crippen LogP contribution in [0.3, 0.4) is 0 Å². The maximum Gasteiger partial charge on any atom is 0.349 e. The molecule has 1 amide bonds. The van der Waals surface area contributed by atoms with Crippen LogP contribution in [0.1, 0.15) is 22.5 Å². The van der Waals surface area contributed by atoms with Gasteiger partial charge in [-0.3, -0.25) is 19.7 Å². The topological polar surface area (TPSA) is 116 Å². The van der Waals surface area contributed by atoms with Gasteiger partial charge in [0.1, 0.15) is 4.88 Å². The van der Waals surface area contributed by atoms with Gasteiger partial charge >= 0.3 is 16.9 Å². The molecule has 1 saturated heterocycles. The van der Waals surface area contributed by atoms with E-state index in [-0.39, 0.29) is 27.7 Å². The first kappa shape index (κ1) is 17.9. The lowest BCUT2D eigenvalue weighted by molar-refractivity contribution is -0.380. The van der Waals surface area contributed by atoms with Crippen LogP contribution in [0.5, 0.6) is 0 Å². The van der Waals surface area contributed by atoms with Crippen molar-refractivity contribution in [2.24, 2.45) is 5.92 Å². The molecule has 1 aliphatic heterocycles. The standard InChI is InChI=1S/C14H16N2O7S/c1-22-13(18)9-4-6-15(7-5-9)11(17)8-23-14(19)10-2-3-12(24-10)16(20)21/h2-3,9H,4-8H2,1H3. The highest BCUT2D eigenvalue weighted by Gasteiger charge is 2.28. The van der Waals surface area contributed by atoms with E-state index in [0.29, 0.717) is 37.3 Å². The number of likely N-dealkylation sites (tertiary alicyclic amines) is 1. The summed E-state index contributed by atoms with van der Waals surface area (Å²) in [6.07, 6.45) is 1.01. The molecule has 2 rings (SSSR count). The zero-order valence-electron chi connectivity index (χ0n) is 12.9. The molecule has 1 aromatic heterocycles. The van der Waals surface area contributed by atoms with Gasteiger partial charge in [0.25, 0.3) is 5.91 Å². The number of ether oxygens (including phenoxy) is 2. The van der Waals surface area contributed by atoms with Gasteiger partial charge in [-0.1, -0.05) is 11.3 Å². The van der Waals surface area contributed by atoms with Gasteiger partial charge < -0.3 is 14.4 Å². The van der Waals surface area contributed by atoms with Crippen LogP contribution in [0, 0.1) is 16.0 Å². The third-order valence-corrected chi connectivity index (χ3v) is 4.70. The monoisotopic (exact) mass is 356 g/mol. The molecule has 1 aliphatic rings. The number of nitro groups is 1. The zero-order valence-corrected chi connectivity index (χ0v) is 13.7. The van der Waals surface area contributed by atoms with Crippen molar-refractivity contribution in [2.75, 3.05) is 26.8 Å². The lowest BCUT2D eigenvalue weighted by Gasteiger charge is -2.30. The van der Waals surface area contributed by atoms with Crippen molar-refractivity contribution in [1.82, 2.24) is 4.90 Å². The lowest BCUT2D eigenvalue weighted by atomic mass is 9.97. The fraction of sp³-hybridized carbons (Fsp3) is 0.500. The molecular formula is C14H16N2O7S. The molecule has 0 unspecified atom stereocenters. The third kappa shape index (κ3) is 4.28. The van der Waals surface area contributed by atoms with Crippen molar-refractivity contribution < 1.29 is 28.8 Å². The minimum absolute atomic E-state index is 0.0684. The van der Waals surface area contributed by atoms with E-state index < -0.39 is 17.5 Å². The van der Waals surface area contributed by atoms with Crippen LogP contribution in [0.2, 0.25) is 0 Å². The smallest absolute Gasteiger partial charge is 0.349 e. The second-order valence-electron chi connectivity index (χ2n) is 5.15. The predicted octanol–water partition coefficient (Wildman–Crippen LogP) is 1.22. The van der Waals surface area contributed by atoms with E-state index in [1.165, 1.54) is 24.1 Å². The molecular weight excluding hydrogens is 340 g/mol. The molecule has 9 nitrogen and oxygen atoms in total. The molecule has 0 aromatic carbocycles. The van der Waals surface area contributed by atoms with Crippen molar-refractivity contribution in [3.63, 3.8) is 0 Å². The first-order chi connectivity index (χ1) is 11.4. The highest BCUT2D eigenvalue weighted by molar-refractivity contribution is 7.17. The van der Waals surface area contributed by atoms with Crippen molar-refractivity contribution in [1.29, 1.82) is 0 Å². The van der Waals surface area contributed by atoms with Crippen LogP contribution in [0.15, 0.2) is 12.1 Å². The number of carbonyl (C=O) groups excluding carboxylic acids is 3. The van der Waals surface area contributed by atoms with Gasteiger partial charge in [0.15, 0.2) is 6.61 Å². The number of nitrogens with zero attached hydrogens (tertiary/aromatic N) is 2. The van der Waals surface area contributed by atoms with Gasteiger partial charge in [-0.2, -0.15) is 0 Å². The Morgan fingerprint density at radius 1 is 1.33 bits per heavy atom. The van der Waals surface area contributed by atoms with Crippen molar-refractivity contribution >= 4 is 34.2 Å². The maximum absolute atomic E-state index is 12.0. The Labute approximate surface area is 141 Å². The molecule has 24 heavy (non-hydrogen) atoms. The van der Waals surface area contributed by atoms with E-state index in [2.05, 4.69) is 4.74 Å². The Kier molecular flexibility index (Phi) is 5.85. The van der Waals surface area contributed by atoms with E-state index in [1.54, 1.807) is 0 Å². The SMILES string of the molecule is COC(=O)C1CCN(C(=O)COC(=O)c2ccc([N+](=O)[O-])s2)CC1. The number of hydrogen-bond donors (Lipinski definition) is 0. The Hall–Kier alpha value is -2.49. The fourth-order valence-electron chi connectivity index (χ4n) is 2.36. The summed E-state index contributed by atoms with van der Waals surface area (Å²) in [4.78, 5) is 46.8. The molecule has 1 fully saturated rings. The van der Waals surface area contributed by atoms with Gasteiger partial charge in [0.05, 0.1) is 18.0 Å². The molecule has 2 heterocycles. The van der Waals surface area contributed by atoms with Crippen LogP contribution in [-0.2, 0) is 19.1 Å². The van der Waals surface area contributed by atoms with Crippen LogP contribution in [0.4, 0.5) is 5.00 Å². The largest absolute Gasteiger partial charge is 0.469 e. The summed E-state index contributed by atoms with van der Waals surface area (Å²) in [5.41, 5.74) is 0. The number of carbonyl (C=O) groups is 3. The summed E-state index contributed by atoms with van der Waals surface area (Å²) in [5.74, 6) is -1.63. The maximum atomic E-state index is 12.0. The Balaban J connectivity index is 1.79. The van der Waals surface area contributed by atoms with Crippen molar-refractivity contribution in [3.05, 3.63) is 27.1 Å². The minimum atomic E-state index is -0.772. The van der Waals surface area contributed by atoms with E-state index >= 15 is 0 Å². The van der Waals surface area contributed by atoms with Gasteiger partial charge in [0, 0.05) is 19.2 Å². The highest BCUT2D eigenvalue weighted by atomic mass is 32.1. The van der Waals surface area contributed by atoms with Crippen LogP contribution < -0.4 is 0 Å². The Bertz CT molecular complexity index is 649. The summed E-state index contributed by atoms with van der Waals surface area (Å²) in [6.45, 7) is 0.342. The third-order valence-electron chi connectivity index (χ3n) is 3.68. The second kappa shape index (κ2) is 7.86. The van der Waals surface area contributed by atoms with Gasteiger partial charge in [-0.15, -0.1) is 0 Å². The van der Waals surface area contributed by atoms with E-state index in [4.69, 9.17) is 4.74 Å². The number of amides is 1. The zero-order chi connectivity index (χ0) is 17.7. The molecule has 0 N–H and O–H groups in total. The summed E-state index contributed by atoms with van der Waals surface area (Å²) in [5, 5.41) is 10.4. The molecule has 0 spiro atoms. The average molecular weight is 356 g/mol. The summed E-state index contributed by atoms with van der Waals surface area (Å²) < 4.78 is 9.57. The Morgan fingerprint density at radius 3 is 2.54 bits per heavy atom. The first-order valence-corrected chi connectivity index (χ1v) is 8.01. The number of methoxy groups -OCH3 is 1. The number of piperidine rings is 1. The molecule has 0 bridgehead atoms. The second-order valence-corrected chi connectivity index (χ2v) is 6.21. The highest BCUT2D eigenvalue weighted by Crippen LogP contribution is 2.24. The fourth-order valence-corrected chi connectivity index (χ4v) is 3.07. The first-order valence-electron chi connectivity index (χ1n) is 7.19. The van der Waals surface area contributed by atoms with E-state index in [9.17, 15) is 24.5 Å². The molecule has 130 valence electrons. The lowest BCUT2D eigenvalue weighted by Crippen LogP contribution is -2.42. The quantitative estimate of drug-likeness (QED) is 0.442. The van der Waals surface area contributed by atoms with Crippen molar-refractivity contribution in [3.8, 4) is 0 Å². The number of thiophene rings is 1. The predicted molar refractivity (Wildman–Crippen MR) is 82.6 cm³/mol. The van der Waals surface area contributed by atoms with Crippen molar-refractivity contribution in [2.45, 2.75) is 12.8 Å². The van der Waals surface area contributed by atoms with Gasteiger partial charge in [-0.05, 0) is 18.9 Å². The normalized spacial score (nSPS) is 15.0. The number of hydrogen-bond acceptors (Lipinski definition) is 8. The van der Waals surface area contributed by atoms with Crippen LogP contribution in [-0.4, -0.2) is 54.5 Å². The number of rotatable bonds is 5.